The van der Waals surface area contributed by atoms with Gasteiger partial charge in [-0.1, -0.05) is 94.4 Å². The number of hydrogen-bond acceptors (Lipinski definition) is 0. The first-order valence-electron chi connectivity index (χ1n) is 9.24. The third-order valence-corrected chi connectivity index (χ3v) is 3.56. The van der Waals surface area contributed by atoms with E-state index in [9.17, 15) is 0 Å². The summed E-state index contributed by atoms with van der Waals surface area (Å²) in [5.41, 5.74) is 6.29. The molecule has 0 heterocycles. The molecule has 2 aliphatic carbocycles. The SMILES string of the molecule is CC1C2=C(CCC[CH-]2)c2ccccc21.[CH2-][Si](C)(C)C.[CH2-][Si](C)(C)C.[Sc+3]. The predicted octanol–water partition coefficient (Wildman–Crippen LogP) is 7.34. The maximum Gasteiger partial charge on any atom is 3.00 e. The van der Waals surface area contributed by atoms with Crippen molar-refractivity contribution in [1.29, 1.82) is 0 Å². The number of fused-ring (bicyclic) bond motifs is 2. The zero-order valence-corrected chi connectivity index (χ0v) is 21.4. The molecule has 136 valence electrons. The van der Waals surface area contributed by atoms with Crippen LogP contribution in [0, 0.1) is 19.5 Å². The van der Waals surface area contributed by atoms with E-state index in [0.29, 0.717) is 5.92 Å². The van der Waals surface area contributed by atoms with E-state index >= 15 is 0 Å². The molecule has 0 aromatic heterocycles. The summed E-state index contributed by atoms with van der Waals surface area (Å²) < 4.78 is 0. The Morgan fingerprint density at radius 3 is 1.96 bits per heavy atom. The second-order valence-electron chi connectivity index (χ2n) is 9.46. The minimum atomic E-state index is -0.861. The van der Waals surface area contributed by atoms with Crippen LogP contribution in [0.3, 0.4) is 0 Å². The van der Waals surface area contributed by atoms with Gasteiger partial charge in [0.1, 0.15) is 0 Å². The molecule has 1 atom stereocenters. The Morgan fingerprint density at radius 2 is 1.44 bits per heavy atom. The molecule has 0 nitrogen and oxygen atoms in total. The van der Waals surface area contributed by atoms with Gasteiger partial charge in [-0.05, 0) is 5.92 Å². The average molecular weight is 403 g/mol. The molecular weight excluding hydrogens is 365 g/mol. The van der Waals surface area contributed by atoms with Crippen LogP contribution < -0.4 is 0 Å². The van der Waals surface area contributed by atoms with E-state index in [-0.39, 0.29) is 25.8 Å². The second-order valence-corrected chi connectivity index (χ2v) is 19.7. The maximum atomic E-state index is 3.91. The van der Waals surface area contributed by atoms with Crippen molar-refractivity contribution >= 4 is 21.7 Å². The van der Waals surface area contributed by atoms with E-state index in [1.54, 1.807) is 11.1 Å². The Kier molecular flexibility index (Phi) is 10.5. The van der Waals surface area contributed by atoms with Crippen LogP contribution in [0.1, 0.15) is 43.2 Å². The summed E-state index contributed by atoms with van der Waals surface area (Å²) in [7, 11) is -1.72. The standard InChI is InChI=1S/C14H15.2C4H11Si.Sc/c1-10-11-6-2-4-8-13(11)14-9-5-3-7-12(10)14;2*1-5(2,3)4;/h2,4,6-8,10H,3,5,9H2,1H3;2*1H2,2-4H3;/q3*-1;+3. The zero-order valence-electron chi connectivity index (χ0n) is 17.6. The van der Waals surface area contributed by atoms with Crippen LogP contribution in [0.25, 0.3) is 5.57 Å². The third-order valence-electron chi connectivity index (χ3n) is 3.56. The molecule has 0 saturated carbocycles. The number of hydrogen-bond donors (Lipinski definition) is 0. The molecule has 0 aliphatic heterocycles. The van der Waals surface area contributed by atoms with Crippen molar-refractivity contribution < 1.29 is 25.8 Å². The summed E-state index contributed by atoms with van der Waals surface area (Å²) in [6, 6.07) is 8.89. The third kappa shape index (κ3) is 10.1. The van der Waals surface area contributed by atoms with Crippen LogP contribution >= 0.6 is 0 Å². The summed E-state index contributed by atoms with van der Waals surface area (Å²) >= 11 is 0. The van der Waals surface area contributed by atoms with Gasteiger partial charge in [-0.15, -0.1) is 22.6 Å². The first-order valence-corrected chi connectivity index (χ1v) is 16.7. The monoisotopic (exact) mass is 402 g/mol. The van der Waals surface area contributed by atoms with E-state index in [4.69, 9.17) is 0 Å². The van der Waals surface area contributed by atoms with Crippen molar-refractivity contribution in [2.45, 2.75) is 71.4 Å². The van der Waals surface area contributed by atoms with Crippen LogP contribution in [0.2, 0.25) is 39.3 Å². The van der Waals surface area contributed by atoms with Gasteiger partial charge in [-0.25, -0.2) is 12.0 Å². The largest absolute Gasteiger partial charge is 3.00 e. The van der Waals surface area contributed by atoms with Gasteiger partial charge in [0.2, 0.25) is 0 Å². The topological polar surface area (TPSA) is 0 Å². The molecule has 0 fully saturated rings. The van der Waals surface area contributed by atoms with Crippen molar-refractivity contribution in [3.63, 3.8) is 0 Å². The molecule has 1 aromatic rings. The minimum absolute atomic E-state index is 0. The molecule has 0 radical (unpaired) electrons. The van der Waals surface area contributed by atoms with E-state index in [0.717, 1.165) is 0 Å². The average Bonchev–Trinajstić information content (AvgIpc) is 2.70. The number of benzene rings is 1. The predicted molar refractivity (Wildman–Crippen MR) is 117 cm³/mol. The Hall–Kier alpha value is 0.134. The smallest absolute Gasteiger partial charge is 0.342 e. The van der Waals surface area contributed by atoms with Gasteiger partial charge in [0.15, 0.2) is 0 Å². The molecule has 2 aliphatic rings. The molecule has 1 aromatic carbocycles. The molecule has 0 saturated heterocycles. The van der Waals surface area contributed by atoms with Gasteiger partial charge in [0.25, 0.3) is 0 Å². The fourth-order valence-electron chi connectivity index (χ4n) is 2.85. The summed E-state index contributed by atoms with van der Waals surface area (Å²) in [4.78, 5) is 0. The van der Waals surface area contributed by atoms with E-state index in [2.05, 4.69) is 90.0 Å². The van der Waals surface area contributed by atoms with Gasteiger partial charge >= 0.3 is 25.8 Å². The first-order chi connectivity index (χ1) is 10.9. The maximum absolute atomic E-state index is 3.91. The fourth-order valence-corrected chi connectivity index (χ4v) is 2.85. The van der Waals surface area contributed by atoms with Gasteiger partial charge < -0.3 is 13.1 Å². The Balaban J connectivity index is 0.000000445. The van der Waals surface area contributed by atoms with Gasteiger partial charge in [0, 0.05) is 0 Å². The molecular formula is C22H37ScSi2. The molecule has 0 bridgehead atoms. The second kappa shape index (κ2) is 10.5. The van der Waals surface area contributed by atoms with E-state index in [1.165, 1.54) is 30.4 Å². The van der Waals surface area contributed by atoms with Crippen molar-refractivity contribution in [1.82, 2.24) is 0 Å². The Bertz CT molecular complexity index is 538. The summed E-state index contributed by atoms with van der Waals surface area (Å²) in [5, 5.41) is 0. The first kappa shape index (κ1) is 25.1. The molecule has 3 rings (SSSR count). The summed E-state index contributed by atoms with van der Waals surface area (Å²) in [6.45, 7) is 23.4. The minimum Gasteiger partial charge on any atom is -0.342 e. The van der Waals surface area contributed by atoms with Crippen LogP contribution in [0.5, 0.6) is 0 Å². The van der Waals surface area contributed by atoms with Crippen LogP contribution in [-0.4, -0.2) is 16.1 Å². The van der Waals surface area contributed by atoms with E-state index < -0.39 is 16.1 Å². The van der Waals surface area contributed by atoms with Gasteiger partial charge in [-0.2, -0.15) is 5.57 Å². The summed E-state index contributed by atoms with van der Waals surface area (Å²) in [6.07, 6.45) is 6.34. The number of rotatable bonds is 0. The summed E-state index contributed by atoms with van der Waals surface area (Å²) in [5.74, 6) is 0.640. The Labute approximate surface area is 178 Å². The normalized spacial score (nSPS) is 18.4. The van der Waals surface area contributed by atoms with Crippen molar-refractivity contribution in [3.05, 3.63) is 60.5 Å². The molecule has 0 spiro atoms. The van der Waals surface area contributed by atoms with Gasteiger partial charge in [-0.3, -0.25) is 0 Å². The quantitative estimate of drug-likeness (QED) is 0.314. The molecule has 3 heteroatoms. The molecule has 0 amide bonds. The van der Waals surface area contributed by atoms with Crippen LogP contribution in [0.4, 0.5) is 0 Å². The number of allylic oxidation sites excluding steroid dienone is 2. The molecule has 25 heavy (non-hydrogen) atoms. The van der Waals surface area contributed by atoms with Crippen molar-refractivity contribution in [2.75, 3.05) is 0 Å². The zero-order chi connectivity index (χ0) is 18.5. The van der Waals surface area contributed by atoms with Gasteiger partial charge in [0.05, 0.1) is 0 Å². The fraction of sp³-hybridized carbons (Fsp3) is 0.500. The van der Waals surface area contributed by atoms with Crippen molar-refractivity contribution in [2.24, 2.45) is 0 Å². The Morgan fingerprint density at radius 1 is 0.960 bits per heavy atom. The van der Waals surface area contributed by atoms with Crippen LogP contribution in [0.15, 0.2) is 29.8 Å². The van der Waals surface area contributed by atoms with E-state index in [1.807, 2.05) is 0 Å². The van der Waals surface area contributed by atoms with Crippen molar-refractivity contribution in [3.8, 4) is 0 Å². The molecule has 0 N–H and O–H groups in total. The molecule has 1 unspecified atom stereocenters. The van der Waals surface area contributed by atoms with Crippen LogP contribution in [-0.2, 0) is 25.8 Å².